The Hall–Kier alpha value is -1.66. The van der Waals surface area contributed by atoms with Crippen molar-refractivity contribution in [3.8, 4) is 0 Å². The van der Waals surface area contributed by atoms with E-state index in [4.69, 9.17) is 0 Å². The summed E-state index contributed by atoms with van der Waals surface area (Å²) < 4.78 is 14.3. The van der Waals surface area contributed by atoms with Crippen LogP contribution in [0.25, 0.3) is 0 Å². The van der Waals surface area contributed by atoms with Crippen molar-refractivity contribution in [2.45, 2.75) is 32.6 Å². The summed E-state index contributed by atoms with van der Waals surface area (Å²) in [6, 6.07) is 2.88. The van der Waals surface area contributed by atoms with Crippen molar-refractivity contribution in [2.75, 3.05) is 31.5 Å². The quantitative estimate of drug-likeness (QED) is 0.857. The SMILES string of the molecule is CCNCC1CCN(C(=O)c2cc3c(cc2F)NC(=O)CC3)CC1.Cl. The summed E-state index contributed by atoms with van der Waals surface area (Å²) in [6.45, 7) is 5.35. The van der Waals surface area contributed by atoms with E-state index in [1.807, 2.05) is 0 Å². The normalized spacial score (nSPS) is 17.5. The topological polar surface area (TPSA) is 61.4 Å². The fraction of sp³-hybridized carbons (Fsp3) is 0.556. The number of fused-ring (bicyclic) bond motifs is 1. The van der Waals surface area contributed by atoms with Gasteiger partial charge in [-0.15, -0.1) is 12.4 Å². The smallest absolute Gasteiger partial charge is 0.256 e. The van der Waals surface area contributed by atoms with Gasteiger partial charge >= 0.3 is 0 Å². The highest BCUT2D eigenvalue weighted by atomic mass is 35.5. The number of amides is 2. The number of nitrogens with zero attached hydrogens (tertiary/aromatic N) is 1. The maximum atomic E-state index is 14.3. The van der Waals surface area contributed by atoms with Gasteiger partial charge in [0.2, 0.25) is 5.91 Å². The van der Waals surface area contributed by atoms with Crippen molar-refractivity contribution in [1.82, 2.24) is 10.2 Å². The van der Waals surface area contributed by atoms with Gasteiger partial charge in [-0.25, -0.2) is 4.39 Å². The third kappa shape index (κ3) is 4.50. The molecule has 0 atom stereocenters. The molecule has 0 bridgehead atoms. The highest BCUT2D eigenvalue weighted by molar-refractivity contribution is 5.98. The summed E-state index contributed by atoms with van der Waals surface area (Å²) >= 11 is 0. The number of rotatable bonds is 4. The predicted octanol–water partition coefficient (Wildman–Crippen LogP) is 2.59. The molecule has 2 N–H and O–H groups in total. The van der Waals surface area contributed by atoms with E-state index in [2.05, 4.69) is 17.6 Å². The molecule has 138 valence electrons. The first-order valence-corrected chi connectivity index (χ1v) is 8.70. The molecular formula is C18H25ClFN3O2. The number of likely N-dealkylation sites (tertiary alicyclic amines) is 1. The average Bonchev–Trinajstić information content (AvgIpc) is 2.59. The first kappa shape index (κ1) is 19.7. The van der Waals surface area contributed by atoms with Crippen LogP contribution in [-0.4, -0.2) is 42.9 Å². The van der Waals surface area contributed by atoms with Crippen molar-refractivity contribution < 1.29 is 14.0 Å². The molecule has 0 spiro atoms. The number of carbonyl (C=O) groups excluding carboxylic acids is 2. The van der Waals surface area contributed by atoms with Crippen LogP contribution in [0.3, 0.4) is 0 Å². The molecule has 1 saturated heterocycles. The Kier molecular flexibility index (Phi) is 6.79. The van der Waals surface area contributed by atoms with Crippen molar-refractivity contribution >= 4 is 29.9 Å². The largest absolute Gasteiger partial charge is 0.339 e. The number of nitrogens with one attached hydrogen (secondary N) is 2. The Morgan fingerprint density at radius 3 is 2.72 bits per heavy atom. The molecule has 0 radical (unpaired) electrons. The van der Waals surface area contributed by atoms with Gasteiger partial charge in [0.1, 0.15) is 5.82 Å². The zero-order valence-corrected chi connectivity index (χ0v) is 15.3. The van der Waals surface area contributed by atoms with E-state index < -0.39 is 5.82 Å². The minimum Gasteiger partial charge on any atom is -0.339 e. The van der Waals surface area contributed by atoms with Gasteiger partial charge in [0.05, 0.1) is 5.56 Å². The van der Waals surface area contributed by atoms with Gasteiger partial charge < -0.3 is 15.5 Å². The molecule has 2 heterocycles. The third-order valence-electron chi connectivity index (χ3n) is 4.90. The number of piperidine rings is 1. The fourth-order valence-electron chi connectivity index (χ4n) is 3.43. The molecule has 7 heteroatoms. The lowest BCUT2D eigenvalue weighted by atomic mass is 9.95. The van der Waals surface area contributed by atoms with Crippen molar-refractivity contribution in [3.63, 3.8) is 0 Å². The fourth-order valence-corrected chi connectivity index (χ4v) is 3.43. The zero-order chi connectivity index (χ0) is 17.1. The van der Waals surface area contributed by atoms with Crippen LogP contribution in [0.2, 0.25) is 0 Å². The van der Waals surface area contributed by atoms with E-state index in [1.54, 1.807) is 11.0 Å². The second kappa shape index (κ2) is 8.63. The lowest BCUT2D eigenvalue weighted by molar-refractivity contribution is -0.116. The summed E-state index contributed by atoms with van der Waals surface area (Å²) in [5, 5.41) is 6.00. The Morgan fingerprint density at radius 2 is 2.04 bits per heavy atom. The third-order valence-corrected chi connectivity index (χ3v) is 4.90. The standard InChI is InChI=1S/C18H24FN3O2.ClH/c1-2-20-11-12-5-7-22(8-6-12)18(24)14-9-13-3-4-17(23)21-16(13)10-15(14)19;/h9-10,12,20H,2-8,11H2,1H3,(H,21,23);1H. The van der Waals surface area contributed by atoms with E-state index in [0.717, 1.165) is 31.5 Å². The van der Waals surface area contributed by atoms with Crippen LogP contribution in [0, 0.1) is 11.7 Å². The molecule has 2 aliphatic heterocycles. The minimum absolute atomic E-state index is 0. The molecular weight excluding hydrogens is 345 g/mol. The van der Waals surface area contributed by atoms with Gasteiger partial charge in [0, 0.05) is 25.2 Å². The van der Waals surface area contributed by atoms with Gasteiger partial charge in [-0.2, -0.15) is 0 Å². The van der Waals surface area contributed by atoms with Gasteiger partial charge in [0.15, 0.2) is 0 Å². The average molecular weight is 370 g/mol. The Morgan fingerprint density at radius 1 is 1.32 bits per heavy atom. The molecule has 2 amide bonds. The molecule has 1 aromatic carbocycles. The van der Waals surface area contributed by atoms with E-state index >= 15 is 0 Å². The first-order valence-electron chi connectivity index (χ1n) is 8.70. The molecule has 1 aromatic rings. The van der Waals surface area contributed by atoms with Crippen LogP contribution < -0.4 is 10.6 Å². The molecule has 3 rings (SSSR count). The van der Waals surface area contributed by atoms with Crippen molar-refractivity contribution in [2.24, 2.45) is 5.92 Å². The van der Waals surface area contributed by atoms with Crippen LogP contribution in [0.4, 0.5) is 10.1 Å². The maximum Gasteiger partial charge on any atom is 0.256 e. The van der Waals surface area contributed by atoms with Crippen LogP contribution >= 0.6 is 12.4 Å². The van der Waals surface area contributed by atoms with E-state index in [1.165, 1.54) is 6.07 Å². The highest BCUT2D eigenvalue weighted by Crippen LogP contribution is 2.27. The number of aryl methyl sites for hydroxylation is 1. The van der Waals surface area contributed by atoms with Crippen LogP contribution in [0.15, 0.2) is 12.1 Å². The predicted molar refractivity (Wildman–Crippen MR) is 97.8 cm³/mol. The van der Waals surface area contributed by atoms with Crippen LogP contribution in [0.1, 0.15) is 42.1 Å². The molecule has 25 heavy (non-hydrogen) atoms. The second-order valence-electron chi connectivity index (χ2n) is 6.58. The molecule has 5 nitrogen and oxygen atoms in total. The Labute approximate surface area is 153 Å². The van der Waals surface area contributed by atoms with E-state index in [-0.39, 0.29) is 29.8 Å². The summed E-state index contributed by atoms with van der Waals surface area (Å²) in [5.74, 6) is -0.328. The van der Waals surface area contributed by atoms with Crippen molar-refractivity contribution in [3.05, 3.63) is 29.1 Å². The Bertz CT molecular complexity index is 645. The lowest BCUT2D eigenvalue weighted by Gasteiger charge is -2.32. The number of halogens is 2. The molecule has 0 aromatic heterocycles. The van der Waals surface area contributed by atoms with Gasteiger partial charge in [-0.3, -0.25) is 9.59 Å². The second-order valence-corrected chi connectivity index (χ2v) is 6.58. The molecule has 2 aliphatic rings. The van der Waals surface area contributed by atoms with Gasteiger partial charge in [-0.05, 0) is 56.0 Å². The summed E-state index contributed by atoms with van der Waals surface area (Å²) in [7, 11) is 0. The van der Waals surface area contributed by atoms with Crippen LogP contribution in [-0.2, 0) is 11.2 Å². The minimum atomic E-state index is -0.560. The summed E-state index contributed by atoms with van der Waals surface area (Å²) in [6.07, 6.45) is 2.82. The number of benzene rings is 1. The molecule has 1 fully saturated rings. The number of carbonyl (C=O) groups is 2. The maximum absolute atomic E-state index is 14.3. The lowest BCUT2D eigenvalue weighted by Crippen LogP contribution is -2.41. The van der Waals surface area contributed by atoms with E-state index in [0.29, 0.717) is 37.5 Å². The number of anilines is 1. The molecule has 0 aliphatic carbocycles. The number of hydrogen-bond donors (Lipinski definition) is 2. The van der Waals surface area contributed by atoms with Crippen LogP contribution in [0.5, 0.6) is 0 Å². The van der Waals surface area contributed by atoms with E-state index in [9.17, 15) is 14.0 Å². The highest BCUT2D eigenvalue weighted by Gasteiger charge is 2.27. The zero-order valence-electron chi connectivity index (χ0n) is 14.4. The molecule has 0 saturated carbocycles. The Balaban J connectivity index is 0.00000225. The summed E-state index contributed by atoms with van der Waals surface area (Å²) in [5.41, 5.74) is 1.45. The van der Waals surface area contributed by atoms with Gasteiger partial charge in [-0.1, -0.05) is 6.92 Å². The number of hydrogen-bond acceptors (Lipinski definition) is 3. The first-order chi connectivity index (χ1) is 11.6. The monoisotopic (exact) mass is 369 g/mol. The van der Waals surface area contributed by atoms with Gasteiger partial charge in [0.25, 0.3) is 5.91 Å². The summed E-state index contributed by atoms with van der Waals surface area (Å²) in [4.78, 5) is 25.8. The molecule has 0 unspecified atom stereocenters. The van der Waals surface area contributed by atoms with Crippen molar-refractivity contribution in [1.29, 1.82) is 0 Å².